The highest BCUT2D eigenvalue weighted by atomic mass is 16.3. The normalized spacial score (nSPS) is 14.2. The third-order valence-electron chi connectivity index (χ3n) is 5.63. The van der Waals surface area contributed by atoms with Crippen LogP contribution >= 0.6 is 0 Å². The Kier molecular flexibility index (Phi) is 8.17. The summed E-state index contributed by atoms with van der Waals surface area (Å²) in [6.07, 6.45) is 2.26. The first-order valence-electron chi connectivity index (χ1n) is 11.9. The molecule has 1 amide bonds. The molecule has 1 aliphatic heterocycles. The molecule has 3 N–H and O–H groups in total. The van der Waals surface area contributed by atoms with Gasteiger partial charge in [0, 0.05) is 51.0 Å². The Morgan fingerprint density at radius 3 is 2.46 bits per heavy atom. The Morgan fingerprint density at radius 2 is 1.80 bits per heavy atom. The fraction of sp³-hybridized carbons (Fsp3) is 0.400. The van der Waals surface area contributed by atoms with Gasteiger partial charge < -0.3 is 20.6 Å². The second-order valence-corrected chi connectivity index (χ2v) is 8.90. The van der Waals surface area contributed by atoms with Crippen molar-refractivity contribution < 1.29 is 9.90 Å². The van der Waals surface area contributed by atoms with Crippen molar-refractivity contribution >= 4 is 29.3 Å². The van der Waals surface area contributed by atoms with Crippen LogP contribution in [0.3, 0.4) is 0 Å². The van der Waals surface area contributed by atoms with E-state index in [1.54, 1.807) is 12.1 Å². The summed E-state index contributed by atoms with van der Waals surface area (Å²) in [7, 11) is 0. The van der Waals surface area contributed by atoms with Crippen LogP contribution in [0.5, 0.6) is 0 Å². The van der Waals surface area contributed by atoms with E-state index in [1.807, 2.05) is 30.3 Å². The number of benzene rings is 1. The van der Waals surface area contributed by atoms with Crippen molar-refractivity contribution in [3.05, 3.63) is 60.0 Å². The molecule has 0 unspecified atom stereocenters. The topological polar surface area (TPSA) is 119 Å². The smallest absolute Gasteiger partial charge is 0.257 e. The van der Waals surface area contributed by atoms with Crippen molar-refractivity contribution in [1.82, 2.24) is 24.8 Å². The highest BCUT2D eigenvalue weighted by molar-refractivity contribution is 6.04. The minimum atomic E-state index is -0.225. The zero-order valence-corrected chi connectivity index (χ0v) is 20.2. The average molecular weight is 477 g/mol. The second kappa shape index (κ2) is 11.7. The number of hydrogen-bond acceptors (Lipinski definition) is 9. The predicted octanol–water partition coefficient (Wildman–Crippen LogP) is 2.58. The lowest BCUT2D eigenvalue weighted by molar-refractivity contribution is 0.102. The second-order valence-electron chi connectivity index (χ2n) is 8.90. The minimum Gasteiger partial charge on any atom is -0.395 e. The number of anilines is 4. The molecular formula is C25H32N8O2. The van der Waals surface area contributed by atoms with Gasteiger partial charge in [0.1, 0.15) is 11.6 Å². The third kappa shape index (κ3) is 6.93. The maximum atomic E-state index is 12.5. The molecule has 0 radical (unpaired) electrons. The number of rotatable bonds is 9. The number of piperazine rings is 1. The molecule has 1 saturated heterocycles. The van der Waals surface area contributed by atoms with Crippen LogP contribution in [0.2, 0.25) is 0 Å². The maximum absolute atomic E-state index is 12.5. The summed E-state index contributed by atoms with van der Waals surface area (Å²) in [5.41, 5.74) is 1.18. The van der Waals surface area contributed by atoms with E-state index in [1.165, 1.54) is 6.20 Å². The summed E-state index contributed by atoms with van der Waals surface area (Å²) >= 11 is 0. The van der Waals surface area contributed by atoms with Gasteiger partial charge in [0.2, 0.25) is 11.9 Å². The van der Waals surface area contributed by atoms with Gasteiger partial charge in [-0.15, -0.1) is 0 Å². The fourth-order valence-electron chi connectivity index (χ4n) is 3.82. The number of hydrogen-bond donors (Lipinski definition) is 3. The molecule has 3 heterocycles. The van der Waals surface area contributed by atoms with E-state index in [0.717, 1.165) is 44.1 Å². The molecule has 1 fully saturated rings. The number of carbonyl (C=O) groups excluding carboxylic acids is 1. The van der Waals surface area contributed by atoms with Crippen molar-refractivity contribution in [1.29, 1.82) is 0 Å². The molecule has 0 saturated carbocycles. The number of aliphatic hydroxyl groups excluding tert-OH is 1. The Morgan fingerprint density at radius 1 is 1.03 bits per heavy atom. The van der Waals surface area contributed by atoms with Crippen molar-refractivity contribution in [2.24, 2.45) is 5.92 Å². The van der Waals surface area contributed by atoms with Crippen LogP contribution in [-0.2, 0) is 6.42 Å². The molecule has 35 heavy (non-hydrogen) atoms. The predicted molar refractivity (Wildman–Crippen MR) is 136 cm³/mol. The summed E-state index contributed by atoms with van der Waals surface area (Å²) in [4.78, 5) is 35.2. The molecule has 10 heteroatoms. The lowest BCUT2D eigenvalue weighted by atomic mass is 10.1. The SMILES string of the molecule is CC(C)Cc1nc(Nc2ccc(C(=O)Nc3ccccc3)cn2)nc(N2CCN(CCO)CC2)n1. The average Bonchev–Trinajstić information content (AvgIpc) is 2.85. The third-order valence-corrected chi connectivity index (χ3v) is 5.63. The summed E-state index contributed by atoms with van der Waals surface area (Å²) in [6.45, 7) is 8.38. The quantitative estimate of drug-likeness (QED) is 0.428. The first-order chi connectivity index (χ1) is 17.0. The van der Waals surface area contributed by atoms with Crippen LogP contribution < -0.4 is 15.5 Å². The summed E-state index contributed by atoms with van der Waals surface area (Å²) in [5.74, 6) is 2.51. The first kappa shape index (κ1) is 24.5. The highest BCUT2D eigenvalue weighted by Crippen LogP contribution is 2.18. The minimum absolute atomic E-state index is 0.165. The number of nitrogens with zero attached hydrogens (tertiary/aromatic N) is 6. The van der Waals surface area contributed by atoms with Crippen molar-refractivity contribution in [3.63, 3.8) is 0 Å². The number of carbonyl (C=O) groups is 1. The molecule has 10 nitrogen and oxygen atoms in total. The molecule has 1 aliphatic rings. The Hall–Kier alpha value is -3.63. The fourth-order valence-corrected chi connectivity index (χ4v) is 3.82. The van der Waals surface area contributed by atoms with Crippen molar-refractivity contribution in [2.45, 2.75) is 20.3 Å². The number of pyridine rings is 1. The van der Waals surface area contributed by atoms with Gasteiger partial charge in [-0.3, -0.25) is 9.69 Å². The van der Waals surface area contributed by atoms with E-state index >= 15 is 0 Å². The van der Waals surface area contributed by atoms with Crippen LogP contribution in [0.1, 0.15) is 30.0 Å². The summed E-state index contributed by atoms with van der Waals surface area (Å²) in [5, 5.41) is 15.2. The van der Waals surface area contributed by atoms with Crippen LogP contribution in [0.4, 0.5) is 23.4 Å². The Labute approximate surface area is 205 Å². The lowest BCUT2D eigenvalue weighted by Crippen LogP contribution is -2.47. The van der Waals surface area contributed by atoms with Gasteiger partial charge in [-0.2, -0.15) is 15.0 Å². The van der Waals surface area contributed by atoms with Gasteiger partial charge in [-0.1, -0.05) is 32.0 Å². The molecule has 3 aromatic rings. The number of aromatic nitrogens is 4. The molecule has 4 rings (SSSR count). The molecule has 184 valence electrons. The van der Waals surface area contributed by atoms with E-state index in [0.29, 0.717) is 35.7 Å². The lowest BCUT2D eigenvalue weighted by Gasteiger charge is -2.34. The number of nitrogens with one attached hydrogen (secondary N) is 2. The first-order valence-corrected chi connectivity index (χ1v) is 11.9. The number of para-hydroxylation sites is 1. The number of amides is 1. The van der Waals surface area contributed by atoms with E-state index in [9.17, 15) is 9.90 Å². The molecule has 0 bridgehead atoms. The molecule has 0 aliphatic carbocycles. The van der Waals surface area contributed by atoms with E-state index < -0.39 is 0 Å². The Bertz CT molecular complexity index is 1100. The van der Waals surface area contributed by atoms with Crippen LogP contribution in [0, 0.1) is 5.92 Å². The van der Waals surface area contributed by atoms with Gasteiger partial charge >= 0.3 is 0 Å². The van der Waals surface area contributed by atoms with Gasteiger partial charge in [0.05, 0.1) is 12.2 Å². The molecule has 0 spiro atoms. The van der Waals surface area contributed by atoms with Gasteiger partial charge in [-0.25, -0.2) is 4.98 Å². The number of β-amino-alcohol motifs (C(OH)–C–C–N with tert-alkyl or cyclic N) is 1. The van der Waals surface area contributed by atoms with Crippen LogP contribution in [0.25, 0.3) is 0 Å². The van der Waals surface area contributed by atoms with Crippen LogP contribution in [0.15, 0.2) is 48.7 Å². The van der Waals surface area contributed by atoms with Crippen LogP contribution in [-0.4, -0.2) is 75.2 Å². The van der Waals surface area contributed by atoms with Gasteiger partial charge in [0.15, 0.2) is 0 Å². The maximum Gasteiger partial charge on any atom is 0.257 e. The standard InChI is InChI=1S/C25H32N8O2/c1-18(2)16-22-29-24(31-25(30-22)33-12-10-32(11-13-33)14-15-34)28-21-9-8-19(17-26-21)23(35)27-20-6-4-3-5-7-20/h3-9,17-18,34H,10-16H2,1-2H3,(H,27,35)(H,26,28,29,30,31). The number of aliphatic hydroxyl groups is 1. The van der Waals surface area contributed by atoms with E-state index in [-0.39, 0.29) is 12.5 Å². The monoisotopic (exact) mass is 476 g/mol. The Balaban J connectivity index is 1.46. The van der Waals surface area contributed by atoms with Crippen molar-refractivity contribution in [3.8, 4) is 0 Å². The molecule has 1 aromatic carbocycles. The molecule has 2 aromatic heterocycles. The molecule has 0 atom stereocenters. The largest absolute Gasteiger partial charge is 0.395 e. The zero-order valence-electron chi connectivity index (χ0n) is 20.2. The summed E-state index contributed by atoms with van der Waals surface area (Å²) in [6, 6.07) is 12.7. The summed E-state index contributed by atoms with van der Waals surface area (Å²) < 4.78 is 0. The van der Waals surface area contributed by atoms with Gasteiger partial charge in [0.25, 0.3) is 5.91 Å². The van der Waals surface area contributed by atoms with E-state index in [2.05, 4.69) is 49.2 Å². The zero-order chi connectivity index (χ0) is 24.6. The highest BCUT2D eigenvalue weighted by Gasteiger charge is 2.20. The van der Waals surface area contributed by atoms with Crippen molar-refractivity contribution in [2.75, 3.05) is 54.9 Å². The van der Waals surface area contributed by atoms with E-state index in [4.69, 9.17) is 4.98 Å². The van der Waals surface area contributed by atoms with Gasteiger partial charge in [-0.05, 0) is 30.2 Å². The molecular weight excluding hydrogens is 444 g/mol.